The van der Waals surface area contributed by atoms with Crippen molar-refractivity contribution in [1.29, 1.82) is 0 Å². The summed E-state index contributed by atoms with van der Waals surface area (Å²) >= 11 is 6.08. The number of aryl methyl sites for hydroxylation is 1. The van der Waals surface area contributed by atoms with Crippen molar-refractivity contribution in [3.05, 3.63) is 92.9 Å². The topological polar surface area (TPSA) is 96.6 Å². The number of rotatable bonds is 4. The van der Waals surface area contributed by atoms with Gasteiger partial charge in [-0.05, 0) is 49.2 Å². The zero-order valence-electron chi connectivity index (χ0n) is 16.6. The third kappa shape index (κ3) is 4.02. The molecule has 1 aromatic heterocycles. The molecule has 6 nitrogen and oxygen atoms in total. The number of carbonyl (C=O) groups is 3. The summed E-state index contributed by atoms with van der Waals surface area (Å²) in [6.07, 6.45) is 2.64. The SMILES string of the molecule is Cc1c(C(=O)O)oc2c1C(=O)C(=Cc1cccc(NC(=O)c3ccccc3Cl)c1)CC2. The molecule has 2 aromatic carbocycles. The Morgan fingerprint density at radius 2 is 1.90 bits per heavy atom. The molecule has 3 aromatic rings. The van der Waals surface area contributed by atoms with Crippen LogP contribution in [0.5, 0.6) is 0 Å². The molecule has 0 unspecified atom stereocenters. The molecule has 0 bridgehead atoms. The zero-order chi connectivity index (χ0) is 22.1. The number of carboxylic acid groups (broad SMARTS) is 1. The molecule has 4 rings (SSSR count). The van der Waals surface area contributed by atoms with Crippen molar-refractivity contribution in [3.8, 4) is 0 Å². The Hall–Kier alpha value is -3.64. The highest BCUT2D eigenvalue weighted by Gasteiger charge is 2.31. The van der Waals surface area contributed by atoms with Crippen LogP contribution in [0.25, 0.3) is 6.08 Å². The number of Topliss-reactive ketones (excluding diaryl/α,β-unsaturated/α-hetero) is 1. The van der Waals surface area contributed by atoms with Gasteiger partial charge < -0.3 is 14.8 Å². The Balaban J connectivity index is 1.59. The smallest absolute Gasteiger partial charge is 0.372 e. The number of carboxylic acids is 1. The summed E-state index contributed by atoms with van der Waals surface area (Å²) < 4.78 is 5.38. The molecule has 0 saturated carbocycles. The van der Waals surface area contributed by atoms with E-state index in [1.807, 2.05) is 6.07 Å². The van der Waals surface area contributed by atoms with Crippen molar-refractivity contribution in [3.63, 3.8) is 0 Å². The molecule has 7 heteroatoms. The number of aromatic carboxylic acids is 1. The lowest BCUT2D eigenvalue weighted by molar-refractivity contribution is 0.0658. The molecule has 31 heavy (non-hydrogen) atoms. The molecular weight excluding hydrogens is 418 g/mol. The van der Waals surface area contributed by atoms with Crippen molar-refractivity contribution in [2.75, 3.05) is 5.32 Å². The maximum absolute atomic E-state index is 13.0. The van der Waals surface area contributed by atoms with Crippen molar-refractivity contribution in [2.24, 2.45) is 0 Å². The second-order valence-electron chi connectivity index (χ2n) is 7.22. The summed E-state index contributed by atoms with van der Waals surface area (Å²) in [7, 11) is 0. The Kier molecular flexibility index (Phi) is 5.48. The number of fused-ring (bicyclic) bond motifs is 1. The number of allylic oxidation sites excluding steroid dienone is 1. The van der Waals surface area contributed by atoms with Crippen molar-refractivity contribution >= 4 is 41.0 Å². The molecule has 2 N–H and O–H groups in total. The predicted octanol–water partition coefficient (Wildman–Crippen LogP) is 5.40. The third-order valence-corrected chi connectivity index (χ3v) is 5.49. The molecule has 1 heterocycles. The number of furan rings is 1. The normalized spacial score (nSPS) is 14.4. The molecule has 0 atom stereocenters. The van der Waals surface area contributed by atoms with E-state index in [9.17, 15) is 19.5 Å². The quantitative estimate of drug-likeness (QED) is 0.534. The highest BCUT2D eigenvalue weighted by molar-refractivity contribution is 6.34. The van der Waals surface area contributed by atoms with Gasteiger partial charge >= 0.3 is 5.97 Å². The van der Waals surface area contributed by atoms with E-state index in [0.717, 1.165) is 5.56 Å². The van der Waals surface area contributed by atoms with E-state index < -0.39 is 5.97 Å². The average molecular weight is 436 g/mol. The fourth-order valence-corrected chi connectivity index (χ4v) is 3.88. The fraction of sp³-hybridized carbons (Fsp3) is 0.125. The minimum Gasteiger partial charge on any atom is -0.475 e. The van der Waals surface area contributed by atoms with Crippen LogP contribution < -0.4 is 5.32 Å². The summed E-state index contributed by atoms with van der Waals surface area (Å²) in [5.74, 6) is -1.53. The molecule has 0 fully saturated rings. The Morgan fingerprint density at radius 3 is 2.65 bits per heavy atom. The molecular formula is C24H18ClNO5. The number of hydrogen-bond acceptors (Lipinski definition) is 4. The van der Waals surface area contributed by atoms with E-state index in [1.54, 1.807) is 55.5 Å². The van der Waals surface area contributed by atoms with Gasteiger partial charge in [-0.2, -0.15) is 0 Å². The molecule has 0 spiro atoms. The number of hydrogen-bond donors (Lipinski definition) is 2. The summed E-state index contributed by atoms with van der Waals surface area (Å²) in [4.78, 5) is 36.8. The van der Waals surface area contributed by atoms with Gasteiger partial charge in [0.05, 0.1) is 16.1 Å². The Morgan fingerprint density at radius 1 is 1.13 bits per heavy atom. The van der Waals surface area contributed by atoms with E-state index in [2.05, 4.69) is 5.32 Å². The first-order valence-electron chi connectivity index (χ1n) is 9.62. The average Bonchev–Trinajstić information content (AvgIpc) is 3.08. The highest BCUT2D eigenvalue weighted by atomic mass is 35.5. The number of anilines is 1. The van der Waals surface area contributed by atoms with Crippen LogP contribution in [-0.4, -0.2) is 22.8 Å². The number of halogens is 1. The van der Waals surface area contributed by atoms with Crippen molar-refractivity contribution in [1.82, 2.24) is 0 Å². The van der Waals surface area contributed by atoms with Crippen LogP contribution in [0, 0.1) is 6.92 Å². The maximum Gasteiger partial charge on any atom is 0.372 e. The van der Waals surface area contributed by atoms with E-state index in [1.165, 1.54) is 0 Å². The molecule has 156 valence electrons. The van der Waals surface area contributed by atoms with E-state index in [0.29, 0.717) is 51.6 Å². The lowest BCUT2D eigenvalue weighted by atomic mass is 9.88. The molecule has 1 aliphatic rings. The fourth-order valence-electron chi connectivity index (χ4n) is 3.66. The van der Waals surface area contributed by atoms with Crippen LogP contribution in [-0.2, 0) is 6.42 Å². The predicted molar refractivity (Wildman–Crippen MR) is 117 cm³/mol. The van der Waals surface area contributed by atoms with Crippen LogP contribution in [0.4, 0.5) is 5.69 Å². The lowest BCUT2D eigenvalue weighted by Gasteiger charge is -2.14. The van der Waals surface area contributed by atoms with Gasteiger partial charge in [0.2, 0.25) is 5.76 Å². The molecule has 0 aliphatic heterocycles. The first-order chi connectivity index (χ1) is 14.8. The summed E-state index contributed by atoms with van der Waals surface area (Å²) in [6.45, 7) is 1.58. The van der Waals surface area contributed by atoms with Crippen LogP contribution in [0.3, 0.4) is 0 Å². The first kappa shape index (κ1) is 20.6. The summed E-state index contributed by atoms with van der Waals surface area (Å²) in [5, 5.41) is 12.4. The van der Waals surface area contributed by atoms with Crippen LogP contribution in [0.15, 0.2) is 58.5 Å². The second-order valence-corrected chi connectivity index (χ2v) is 7.62. The van der Waals surface area contributed by atoms with Crippen LogP contribution >= 0.6 is 11.6 Å². The van der Waals surface area contributed by atoms with Crippen LogP contribution in [0.2, 0.25) is 5.02 Å². The molecule has 0 radical (unpaired) electrons. The van der Waals surface area contributed by atoms with Gasteiger partial charge in [-0.25, -0.2) is 4.79 Å². The van der Waals surface area contributed by atoms with Gasteiger partial charge in [0.15, 0.2) is 5.78 Å². The van der Waals surface area contributed by atoms with Gasteiger partial charge in [-0.15, -0.1) is 0 Å². The minimum atomic E-state index is -1.19. The van der Waals surface area contributed by atoms with E-state index in [4.69, 9.17) is 16.0 Å². The third-order valence-electron chi connectivity index (χ3n) is 5.16. The Bertz CT molecular complexity index is 1250. The van der Waals surface area contributed by atoms with Gasteiger partial charge in [-0.1, -0.05) is 35.9 Å². The first-order valence-corrected chi connectivity index (χ1v) is 9.99. The highest BCUT2D eigenvalue weighted by Crippen LogP contribution is 2.33. The number of carbonyl (C=O) groups excluding carboxylic acids is 2. The Labute approximate surface area is 183 Å². The number of benzene rings is 2. The number of ketones is 1. The summed E-state index contributed by atoms with van der Waals surface area (Å²) in [6, 6.07) is 13.9. The summed E-state index contributed by atoms with van der Waals surface area (Å²) in [5.41, 5.74) is 2.91. The van der Waals surface area contributed by atoms with Crippen LogP contribution in [0.1, 0.15) is 54.6 Å². The van der Waals surface area contributed by atoms with Gasteiger partial charge in [0, 0.05) is 23.2 Å². The molecule has 0 saturated heterocycles. The minimum absolute atomic E-state index is 0.191. The van der Waals surface area contributed by atoms with Crippen molar-refractivity contribution < 1.29 is 23.9 Å². The zero-order valence-corrected chi connectivity index (χ0v) is 17.3. The molecule has 1 aliphatic carbocycles. The molecule has 1 amide bonds. The number of nitrogens with one attached hydrogen (secondary N) is 1. The van der Waals surface area contributed by atoms with Crippen molar-refractivity contribution in [2.45, 2.75) is 19.8 Å². The largest absolute Gasteiger partial charge is 0.475 e. The standard InChI is InChI=1S/C24H18ClNO5/c1-13-20-19(31-22(13)24(29)30)10-9-15(21(20)27)11-14-5-4-6-16(12-14)26-23(28)17-7-2-3-8-18(17)25/h2-8,11-12H,9-10H2,1H3,(H,26,28)(H,29,30). The second kappa shape index (κ2) is 8.24. The van der Waals surface area contributed by atoms with E-state index >= 15 is 0 Å². The monoisotopic (exact) mass is 435 g/mol. The number of amides is 1. The van der Waals surface area contributed by atoms with Gasteiger partial charge in [-0.3, -0.25) is 9.59 Å². The maximum atomic E-state index is 13.0. The van der Waals surface area contributed by atoms with Gasteiger partial charge in [0.1, 0.15) is 5.76 Å². The van der Waals surface area contributed by atoms with Gasteiger partial charge in [0.25, 0.3) is 5.91 Å². The lowest BCUT2D eigenvalue weighted by Crippen LogP contribution is -2.14. The van der Waals surface area contributed by atoms with E-state index in [-0.39, 0.29) is 17.5 Å².